The van der Waals surface area contributed by atoms with Crippen molar-refractivity contribution in [3.05, 3.63) is 89.6 Å². The molecule has 5 N–H and O–H groups in total. The summed E-state index contributed by atoms with van der Waals surface area (Å²) in [4.78, 5) is 41.8. The summed E-state index contributed by atoms with van der Waals surface area (Å²) in [5.41, 5.74) is 8.58. The number of carboxylic acids is 1. The molecule has 1 aromatic heterocycles. The van der Waals surface area contributed by atoms with Crippen LogP contribution in [0.25, 0.3) is 10.8 Å². The third-order valence-electron chi connectivity index (χ3n) is 8.52. The lowest BCUT2D eigenvalue weighted by molar-refractivity contribution is -0.192. The first-order valence-corrected chi connectivity index (χ1v) is 17.3. The molecule has 1 fully saturated rings. The fourth-order valence-corrected chi connectivity index (χ4v) is 7.40. The molecule has 16 heteroatoms. The number of benzene rings is 3. The van der Waals surface area contributed by atoms with E-state index in [1.807, 2.05) is 62.4 Å². The Labute approximate surface area is 291 Å². The van der Waals surface area contributed by atoms with Gasteiger partial charge in [-0.15, -0.1) is 0 Å². The molecule has 0 unspecified atom stereocenters. The second kappa shape index (κ2) is 14.1. The molecule has 1 atom stereocenters. The Kier molecular flexibility index (Phi) is 10.2. The standard InChI is InChI=1S/C33H35N5O5S.C2HF3O2/c1-33(2)19-43-32(40)37-25-8-12-28(44(41,42)26-9-10-26)22(17-25)18-38(3)31(39)29(21-5-4-6-23(33)15-21)36-24-7-11-27-20(16-24)13-14-35-30(27)34;3-2(4,5)1(6)7/h4-8,11-17,26,29,36H,9-10,18-19H2,1-3H3,(H2,34,35)(H,37,40);(H,6,7)/t29-;/m1./s1. The Morgan fingerprint density at radius 1 is 1.08 bits per heavy atom. The highest BCUT2D eigenvalue weighted by molar-refractivity contribution is 7.92. The minimum atomic E-state index is -5.08. The van der Waals surface area contributed by atoms with Crippen molar-refractivity contribution in [2.75, 3.05) is 30.0 Å². The number of halogens is 3. The molecule has 2 aliphatic rings. The smallest absolute Gasteiger partial charge is 0.475 e. The largest absolute Gasteiger partial charge is 0.490 e. The lowest BCUT2D eigenvalue weighted by atomic mass is 9.84. The molecule has 0 saturated heterocycles. The van der Waals surface area contributed by atoms with Gasteiger partial charge in [0.25, 0.3) is 0 Å². The van der Waals surface area contributed by atoms with Gasteiger partial charge >= 0.3 is 18.2 Å². The third-order valence-corrected chi connectivity index (χ3v) is 10.9. The number of fused-ring (bicyclic) bond motifs is 5. The van der Waals surface area contributed by atoms with Crippen molar-refractivity contribution in [3.8, 4) is 0 Å². The van der Waals surface area contributed by atoms with Gasteiger partial charge in [-0.2, -0.15) is 13.2 Å². The molecule has 12 nitrogen and oxygen atoms in total. The Balaban J connectivity index is 0.000000654. The maximum absolute atomic E-state index is 14.3. The van der Waals surface area contributed by atoms with Crippen LogP contribution in [-0.2, 0) is 36.1 Å². The molecule has 4 aromatic rings. The predicted molar refractivity (Wildman–Crippen MR) is 184 cm³/mol. The normalized spacial score (nSPS) is 17.9. The Morgan fingerprint density at radius 3 is 2.45 bits per heavy atom. The average Bonchev–Trinajstić information content (AvgIpc) is 3.93. The SMILES string of the molecule is CN1Cc2cc(ccc2S(=O)(=O)C2CC2)NC(=O)OCC(C)(C)c2cccc(c2)[C@@H](Nc2ccc3c(N)nccc3c2)C1=O.O=C(O)C(F)(F)F. The van der Waals surface area contributed by atoms with Gasteiger partial charge in [0.1, 0.15) is 18.5 Å². The van der Waals surface area contributed by atoms with Gasteiger partial charge in [0, 0.05) is 42.0 Å². The topological polar surface area (TPSA) is 181 Å². The van der Waals surface area contributed by atoms with Crippen LogP contribution in [-0.4, -0.2) is 66.5 Å². The van der Waals surface area contributed by atoms with E-state index in [9.17, 15) is 31.2 Å². The molecule has 2 heterocycles. The zero-order chi connectivity index (χ0) is 37.3. The number of rotatable bonds is 4. The second-order valence-corrected chi connectivity index (χ2v) is 15.2. The maximum atomic E-state index is 14.3. The molecule has 51 heavy (non-hydrogen) atoms. The number of hydrogen-bond donors (Lipinski definition) is 4. The number of amides is 2. The van der Waals surface area contributed by atoms with Crippen molar-refractivity contribution in [3.63, 3.8) is 0 Å². The van der Waals surface area contributed by atoms with Crippen molar-refractivity contribution in [2.24, 2.45) is 0 Å². The number of carboxylic acid groups (broad SMARTS) is 1. The van der Waals surface area contributed by atoms with E-state index in [-0.39, 0.29) is 24.0 Å². The molecule has 1 saturated carbocycles. The summed E-state index contributed by atoms with van der Waals surface area (Å²) in [6.07, 6.45) is -2.88. The van der Waals surface area contributed by atoms with Crippen LogP contribution in [0.1, 0.15) is 49.4 Å². The van der Waals surface area contributed by atoms with E-state index in [2.05, 4.69) is 15.6 Å². The van der Waals surface area contributed by atoms with Crippen LogP contribution < -0.4 is 16.4 Å². The lowest BCUT2D eigenvalue weighted by Gasteiger charge is -2.29. The zero-order valence-electron chi connectivity index (χ0n) is 27.8. The summed E-state index contributed by atoms with van der Waals surface area (Å²) in [6.45, 7) is 4.01. The minimum absolute atomic E-state index is 0.00791. The molecule has 6 rings (SSSR count). The minimum Gasteiger partial charge on any atom is -0.475 e. The molecule has 3 aromatic carbocycles. The number of nitrogens with zero attached hydrogens (tertiary/aromatic N) is 2. The summed E-state index contributed by atoms with van der Waals surface area (Å²) in [5.74, 6) is -2.60. The third kappa shape index (κ3) is 8.51. The first-order chi connectivity index (χ1) is 23.9. The first-order valence-electron chi connectivity index (χ1n) is 15.7. The number of aliphatic carboxylic acids is 1. The van der Waals surface area contributed by atoms with Crippen LogP contribution in [0.5, 0.6) is 0 Å². The zero-order valence-corrected chi connectivity index (χ0v) is 28.6. The maximum Gasteiger partial charge on any atom is 0.490 e. The number of likely N-dealkylation sites (N-methyl/N-ethyl adjacent to an activating group) is 1. The average molecular weight is 728 g/mol. The fourth-order valence-electron chi connectivity index (χ4n) is 5.54. The van der Waals surface area contributed by atoms with Crippen molar-refractivity contribution in [1.82, 2.24) is 9.88 Å². The number of aromatic nitrogens is 1. The molecule has 4 bridgehead atoms. The molecular formula is C35H36F3N5O7S. The summed E-state index contributed by atoms with van der Waals surface area (Å²) in [7, 11) is -1.94. The Morgan fingerprint density at radius 2 is 1.78 bits per heavy atom. The van der Waals surface area contributed by atoms with E-state index in [1.54, 1.807) is 25.4 Å². The Bertz CT molecular complexity index is 2100. The van der Waals surface area contributed by atoms with Gasteiger partial charge in [0.15, 0.2) is 9.84 Å². The van der Waals surface area contributed by atoms with Gasteiger partial charge in [0.2, 0.25) is 5.91 Å². The highest BCUT2D eigenvalue weighted by Crippen LogP contribution is 2.37. The molecule has 0 radical (unpaired) electrons. The summed E-state index contributed by atoms with van der Waals surface area (Å²) in [6, 6.07) is 19.0. The molecule has 270 valence electrons. The summed E-state index contributed by atoms with van der Waals surface area (Å²) < 4.78 is 64.1. The summed E-state index contributed by atoms with van der Waals surface area (Å²) in [5, 5.41) is 14.5. The highest BCUT2D eigenvalue weighted by Gasteiger charge is 2.39. The molecular weight excluding hydrogens is 691 g/mol. The predicted octanol–water partition coefficient (Wildman–Crippen LogP) is 6.04. The van der Waals surface area contributed by atoms with Gasteiger partial charge in [-0.3, -0.25) is 10.1 Å². The number of nitrogens with one attached hydrogen (secondary N) is 2. The first kappa shape index (κ1) is 36.9. The highest BCUT2D eigenvalue weighted by atomic mass is 32.2. The number of sulfone groups is 1. The number of carbonyl (C=O) groups is 3. The van der Waals surface area contributed by atoms with Gasteiger partial charge in [-0.05, 0) is 77.4 Å². The van der Waals surface area contributed by atoms with Crippen molar-refractivity contribution in [2.45, 2.75) is 61.0 Å². The van der Waals surface area contributed by atoms with E-state index < -0.39 is 44.8 Å². The van der Waals surface area contributed by atoms with Crippen LogP contribution in [0.4, 0.5) is 35.2 Å². The van der Waals surface area contributed by atoms with E-state index in [0.29, 0.717) is 41.2 Å². The van der Waals surface area contributed by atoms with Gasteiger partial charge in [-0.25, -0.2) is 23.0 Å². The van der Waals surface area contributed by atoms with Gasteiger partial charge < -0.3 is 25.8 Å². The van der Waals surface area contributed by atoms with Crippen molar-refractivity contribution in [1.29, 1.82) is 0 Å². The van der Waals surface area contributed by atoms with Crippen LogP contribution in [0.2, 0.25) is 0 Å². The Hall–Kier alpha value is -5.38. The van der Waals surface area contributed by atoms with Crippen molar-refractivity contribution < 1.29 is 45.8 Å². The van der Waals surface area contributed by atoms with Gasteiger partial charge in [0.05, 0.1) is 10.1 Å². The monoisotopic (exact) mass is 727 g/mol. The van der Waals surface area contributed by atoms with E-state index in [4.69, 9.17) is 20.4 Å². The van der Waals surface area contributed by atoms with Crippen LogP contribution in [0.15, 0.2) is 77.8 Å². The second-order valence-electron chi connectivity index (χ2n) is 13.0. The van der Waals surface area contributed by atoms with Crippen LogP contribution in [0, 0.1) is 0 Å². The van der Waals surface area contributed by atoms with Crippen LogP contribution >= 0.6 is 0 Å². The number of ether oxygens (including phenoxy) is 1. The number of pyridine rings is 1. The number of cyclic esters (lactones) is 1. The molecule has 1 aliphatic carbocycles. The van der Waals surface area contributed by atoms with Crippen molar-refractivity contribution >= 4 is 55.8 Å². The number of alkyl halides is 3. The molecule has 1 aliphatic heterocycles. The number of carbonyl (C=O) groups excluding carboxylic acids is 2. The van der Waals surface area contributed by atoms with E-state index in [1.165, 1.54) is 11.0 Å². The number of nitrogen functional groups attached to an aromatic ring is 1. The lowest BCUT2D eigenvalue weighted by Crippen LogP contribution is -2.35. The fraction of sp³-hybridized carbons (Fsp3) is 0.314. The quantitative estimate of drug-likeness (QED) is 0.194. The van der Waals surface area contributed by atoms with Gasteiger partial charge in [-0.1, -0.05) is 38.1 Å². The molecule has 0 spiro atoms. The summed E-state index contributed by atoms with van der Waals surface area (Å²) >= 11 is 0. The van der Waals surface area contributed by atoms with E-state index >= 15 is 0 Å². The number of anilines is 3. The number of hydrogen-bond acceptors (Lipinski definition) is 9. The van der Waals surface area contributed by atoms with Crippen LogP contribution in [0.3, 0.4) is 0 Å². The van der Waals surface area contributed by atoms with E-state index in [0.717, 1.165) is 16.3 Å². The number of nitrogens with two attached hydrogens (primary N) is 1. The molecule has 2 amide bonds.